The average molecular weight is 318 g/mol. The summed E-state index contributed by atoms with van der Waals surface area (Å²) in [4.78, 5) is 17.1. The lowest BCUT2D eigenvalue weighted by atomic mass is 10.3. The number of amides is 1. The van der Waals surface area contributed by atoms with Gasteiger partial charge in [-0.15, -0.1) is 11.3 Å². The molecule has 0 spiro atoms. The highest BCUT2D eigenvalue weighted by Gasteiger charge is 2.17. The molecule has 3 aromatic heterocycles. The normalized spacial score (nSPS) is 10.8. The van der Waals surface area contributed by atoms with E-state index in [1.54, 1.807) is 29.0 Å². The summed E-state index contributed by atoms with van der Waals surface area (Å²) in [7, 11) is 0. The third kappa shape index (κ3) is 2.78. The number of nitrogens with zero attached hydrogens (tertiary/aromatic N) is 3. The highest BCUT2D eigenvalue weighted by Crippen LogP contribution is 2.26. The molecule has 3 aromatic rings. The van der Waals surface area contributed by atoms with E-state index in [1.807, 2.05) is 17.5 Å². The van der Waals surface area contributed by atoms with Gasteiger partial charge in [-0.3, -0.25) is 4.79 Å². The minimum atomic E-state index is -0.372. The monoisotopic (exact) mass is 318 g/mol. The van der Waals surface area contributed by atoms with E-state index in [2.05, 4.69) is 15.4 Å². The lowest BCUT2D eigenvalue weighted by Crippen LogP contribution is -2.17. The maximum atomic E-state index is 12.2. The van der Waals surface area contributed by atoms with Gasteiger partial charge in [0.1, 0.15) is 17.3 Å². The van der Waals surface area contributed by atoms with Crippen LogP contribution in [0.5, 0.6) is 0 Å². The average Bonchev–Trinajstić information content (AvgIpc) is 3.20. The second-order valence-electron chi connectivity index (χ2n) is 4.55. The van der Waals surface area contributed by atoms with Crippen LogP contribution >= 0.6 is 11.3 Å². The summed E-state index contributed by atoms with van der Waals surface area (Å²) in [5, 5.41) is 18.3. The summed E-state index contributed by atoms with van der Waals surface area (Å²) in [6.07, 6.45) is 1.23. The number of carbonyl (C=O) groups is 1. The Hall–Kier alpha value is -2.45. The third-order valence-electron chi connectivity index (χ3n) is 3.07. The second-order valence-corrected chi connectivity index (χ2v) is 5.50. The Morgan fingerprint density at radius 2 is 2.41 bits per heavy atom. The van der Waals surface area contributed by atoms with Crippen LogP contribution in [0.3, 0.4) is 0 Å². The first-order valence-electron chi connectivity index (χ1n) is 6.63. The van der Waals surface area contributed by atoms with Gasteiger partial charge < -0.3 is 14.8 Å². The van der Waals surface area contributed by atoms with Crippen molar-refractivity contribution in [3.63, 3.8) is 0 Å². The molecule has 1 amide bonds. The van der Waals surface area contributed by atoms with Gasteiger partial charge in [-0.2, -0.15) is 5.10 Å². The molecule has 0 aliphatic rings. The van der Waals surface area contributed by atoms with E-state index in [9.17, 15) is 4.79 Å². The number of aryl methyl sites for hydroxylation is 1. The number of hydrogen-bond donors (Lipinski definition) is 2. The summed E-state index contributed by atoms with van der Waals surface area (Å²) in [6, 6.07) is 5.65. The maximum Gasteiger partial charge on any atom is 0.279 e. The summed E-state index contributed by atoms with van der Waals surface area (Å²) >= 11 is 1.56. The molecule has 0 aliphatic heterocycles. The fraction of sp³-hybridized carbons (Fsp3) is 0.214. The van der Waals surface area contributed by atoms with E-state index in [0.717, 1.165) is 10.6 Å². The fourth-order valence-electron chi connectivity index (χ4n) is 2.03. The zero-order chi connectivity index (χ0) is 15.5. The predicted molar refractivity (Wildman–Crippen MR) is 81.8 cm³/mol. The van der Waals surface area contributed by atoms with E-state index >= 15 is 0 Å². The van der Waals surface area contributed by atoms with Crippen molar-refractivity contribution in [3.8, 4) is 10.6 Å². The lowest BCUT2D eigenvalue weighted by Gasteiger charge is -2.06. The Morgan fingerprint density at radius 1 is 1.55 bits per heavy atom. The minimum Gasteiger partial charge on any atom is -0.448 e. The molecule has 0 radical (unpaired) electrons. The molecule has 0 saturated heterocycles. The molecule has 0 unspecified atom stereocenters. The van der Waals surface area contributed by atoms with Crippen LogP contribution < -0.4 is 5.32 Å². The number of hydrogen-bond acceptors (Lipinski definition) is 6. The second kappa shape index (κ2) is 6.12. The van der Waals surface area contributed by atoms with Crippen molar-refractivity contribution in [1.82, 2.24) is 14.8 Å². The van der Waals surface area contributed by atoms with Crippen LogP contribution in [-0.4, -0.2) is 32.4 Å². The van der Waals surface area contributed by atoms with E-state index in [-0.39, 0.29) is 18.2 Å². The number of aromatic nitrogens is 3. The summed E-state index contributed by atoms with van der Waals surface area (Å²) in [5.74, 6) is 0.581. The number of aliphatic hydroxyl groups is 1. The first-order valence-corrected chi connectivity index (χ1v) is 7.51. The molecule has 0 aromatic carbocycles. The van der Waals surface area contributed by atoms with Crippen molar-refractivity contribution >= 4 is 23.1 Å². The molecule has 7 nitrogen and oxygen atoms in total. The molecule has 0 bridgehead atoms. The summed E-state index contributed by atoms with van der Waals surface area (Å²) in [5.41, 5.74) is 0.977. The van der Waals surface area contributed by atoms with Gasteiger partial charge in [0.05, 0.1) is 18.0 Å². The predicted octanol–water partition coefficient (Wildman–Crippen LogP) is 2.15. The minimum absolute atomic E-state index is 0.0720. The maximum absolute atomic E-state index is 12.2. The van der Waals surface area contributed by atoms with Crippen molar-refractivity contribution in [1.29, 1.82) is 0 Å². The molecular formula is C14H14N4O3S. The van der Waals surface area contributed by atoms with Crippen molar-refractivity contribution in [3.05, 3.63) is 41.4 Å². The molecule has 2 N–H and O–H groups in total. The van der Waals surface area contributed by atoms with Gasteiger partial charge in [-0.05, 0) is 18.4 Å². The number of carbonyl (C=O) groups excluding carboxylic acids is 1. The number of aliphatic hydroxyl groups excluding tert-OH is 1. The standard InChI is InChI=1S/C14H14N4O3S/c1-9-13(15-8-21-9)14(20)16-12-7-10(11-3-2-6-22-11)17-18(12)4-5-19/h2-3,6-8,19H,4-5H2,1H3,(H,16,20). The van der Waals surface area contributed by atoms with E-state index in [1.165, 1.54) is 6.39 Å². The smallest absolute Gasteiger partial charge is 0.279 e. The number of oxazole rings is 1. The zero-order valence-corrected chi connectivity index (χ0v) is 12.6. The van der Waals surface area contributed by atoms with Crippen LogP contribution in [0, 0.1) is 6.92 Å². The molecule has 114 valence electrons. The number of anilines is 1. The van der Waals surface area contributed by atoms with Crippen molar-refractivity contribution in [2.24, 2.45) is 0 Å². The lowest BCUT2D eigenvalue weighted by molar-refractivity contribution is 0.102. The number of thiophene rings is 1. The van der Waals surface area contributed by atoms with Gasteiger partial charge in [0.25, 0.3) is 5.91 Å². The van der Waals surface area contributed by atoms with E-state index < -0.39 is 0 Å². The number of nitrogens with one attached hydrogen (secondary N) is 1. The molecule has 8 heteroatoms. The van der Waals surface area contributed by atoms with Gasteiger partial charge in [0, 0.05) is 6.07 Å². The first kappa shape index (κ1) is 14.5. The van der Waals surface area contributed by atoms with Crippen molar-refractivity contribution in [2.45, 2.75) is 13.5 Å². The van der Waals surface area contributed by atoms with Gasteiger partial charge in [0.15, 0.2) is 12.1 Å². The molecule has 0 fully saturated rings. The molecule has 3 rings (SSSR count). The molecule has 22 heavy (non-hydrogen) atoms. The van der Waals surface area contributed by atoms with Crippen LogP contribution in [0.15, 0.2) is 34.4 Å². The molecule has 0 aliphatic carbocycles. The molecule has 3 heterocycles. The summed E-state index contributed by atoms with van der Waals surface area (Å²) < 4.78 is 6.59. The van der Waals surface area contributed by atoms with Gasteiger partial charge >= 0.3 is 0 Å². The first-order chi connectivity index (χ1) is 10.7. The Kier molecular flexibility index (Phi) is 4.03. The highest BCUT2D eigenvalue weighted by atomic mass is 32.1. The van der Waals surface area contributed by atoms with Crippen LogP contribution in [0.1, 0.15) is 16.2 Å². The van der Waals surface area contributed by atoms with Crippen LogP contribution in [0.2, 0.25) is 0 Å². The molecule has 0 saturated carbocycles. The Labute approximate surface area is 130 Å². The Balaban J connectivity index is 1.89. The fourth-order valence-corrected chi connectivity index (χ4v) is 2.71. The Morgan fingerprint density at radius 3 is 3.05 bits per heavy atom. The topological polar surface area (TPSA) is 93.2 Å². The molecular weight excluding hydrogens is 304 g/mol. The Bertz CT molecular complexity index is 776. The zero-order valence-electron chi connectivity index (χ0n) is 11.8. The summed E-state index contributed by atoms with van der Waals surface area (Å²) in [6.45, 7) is 1.89. The van der Waals surface area contributed by atoms with Gasteiger partial charge in [-0.25, -0.2) is 9.67 Å². The SMILES string of the molecule is Cc1ocnc1C(=O)Nc1cc(-c2cccs2)nn1CCO. The quantitative estimate of drug-likeness (QED) is 0.752. The van der Waals surface area contributed by atoms with Crippen LogP contribution in [0.4, 0.5) is 5.82 Å². The van der Waals surface area contributed by atoms with Gasteiger partial charge in [0.2, 0.25) is 0 Å². The largest absolute Gasteiger partial charge is 0.448 e. The van der Waals surface area contributed by atoms with Gasteiger partial charge in [-0.1, -0.05) is 6.07 Å². The van der Waals surface area contributed by atoms with E-state index in [0.29, 0.717) is 18.1 Å². The third-order valence-corrected chi connectivity index (χ3v) is 3.96. The van der Waals surface area contributed by atoms with Crippen LogP contribution in [0.25, 0.3) is 10.6 Å². The molecule has 0 atom stereocenters. The van der Waals surface area contributed by atoms with Crippen molar-refractivity contribution in [2.75, 3.05) is 11.9 Å². The number of rotatable bonds is 5. The van der Waals surface area contributed by atoms with E-state index in [4.69, 9.17) is 9.52 Å². The van der Waals surface area contributed by atoms with Crippen LogP contribution in [-0.2, 0) is 6.54 Å². The highest BCUT2D eigenvalue weighted by molar-refractivity contribution is 7.13. The van der Waals surface area contributed by atoms with Crippen molar-refractivity contribution < 1.29 is 14.3 Å².